The molecule has 232 valence electrons. The summed E-state index contributed by atoms with van der Waals surface area (Å²) in [5, 5.41) is 2.29. The lowest BCUT2D eigenvalue weighted by atomic mass is 9.82. The number of hydrogen-bond donors (Lipinski definition) is 0. The Morgan fingerprint density at radius 2 is 1.62 bits per heavy atom. The van der Waals surface area contributed by atoms with E-state index in [1.165, 1.54) is 34.1 Å². The molecule has 48 heavy (non-hydrogen) atoms. The SMILES string of the molecule is C1=CC2=Cc3oc4cccc(-c5ccc6oc7c(c6c5)C(c5nc(C6=CCCCC6)nc(-c6ccccc6)n5)=CCC7)c4c3CC2C=C1. The minimum atomic E-state index is 0.378. The second kappa shape index (κ2) is 11.0. The van der Waals surface area contributed by atoms with Crippen molar-refractivity contribution < 1.29 is 8.83 Å². The average Bonchev–Trinajstić information content (AvgIpc) is 3.72. The van der Waals surface area contributed by atoms with Gasteiger partial charge in [0.25, 0.3) is 0 Å². The van der Waals surface area contributed by atoms with E-state index in [1.807, 2.05) is 18.2 Å². The molecule has 10 rings (SSSR count). The van der Waals surface area contributed by atoms with E-state index in [-0.39, 0.29) is 0 Å². The third kappa shape index (κ3) is 4.49. The Hall–Kier alpha value is -5.55. The zero-order valence-corrected chi connectivity index (χ0v) is 26.6. The standard InChI is InChI=1S/C43H33N3O2/c1-3-11-26(12-4-1)41-44-42(27-13-5-2-6-14-27)46-43(45-41)32-18-10-20-37-40(32)33-24-30(21-22-35(33)47-37)31-17-9-19-36-39(31)34-23-28-15-7-8-16-29(28)25-38(34)48-36/h1,3-4,7-9,11-13,15-19,21-22,24-25,28H,2,5-6,10,14,20,23H2. The van der Waals surface area contributed by atoms with Crippen molar-refractivity contribution in [3.8, 4) is 22.5 Å². The Bertz CT molecular complexity index is 2430. The molecular formula is C43H33N3O2. The molecule has 3 aromatic carbocycles. The Morgan fingerprint density at radius 3 is 2.54 bits per heavy atom. The largest absolute Gasteiger partial charge is 0.460 e. The fourth-order valence-electron chi connectivity index (χ4n) is 7.94. The van der Waals surface area contributed by atoms with Crippen molar-refractivity contribution in [3.63, 3.8) is 0 Å². The summed E-state index contributed by atoms with van der Waals surface area (Å²) >= 11 is 0. The molecule has 0 radical (unpaired) electrons. The van der Waals surface area contributed by atoms with Crippen molar-refractivity contribution in [3.05, 3.63) is 143 Å². The smallest absolute Gasteiger partial charge is 0.164 e. The Balaban J connectivity index is 1.13. The third-order valence-corrected chi connectivity index (χ3v) is 10.3. The summed E-state index contributed by atoms with van der Waals surface area (Å²) < 4.78 is 13.0. The number of benzene rings is 3. The van der Waals surface area contributed by atoms with E-state index in [1.54, 1.807) is 0 Å². The summed E-state index contributed by atoms with van der Waals surface area (Å²) in [4.78, 5) is 15.3. The van der Waals surface area contributed by atoms with Gasteiger partial charge in [0.15, 0.2) is 17.5 Å². The van der Waals surface area contributed by atoms with Crippen molar-refractivity contribution in [1.29, 1.82) is 0 Å². The highest BCUT2D eigenvalue weighted by Crippen LogP contribution is 2.44. The normalized spacial score (nSPS) is 18.2. The average molecular weight is 624 g/mol. The number of hydrogen-bond acceptors (Lipinski definition) is 5. The molecule has 3 heterocycles. The molecule has 3 aromatic heterocycles. The van der Waals surface area contributed by atoms with Gasteiger partial charge in [0.2, 0.25) is 0 Å². The molecular weight excluding hydrogens is 590 g/mol. The van der Waals surface area contributed by atoms with Gasteiger partial charge >= 0.3 is 0 Å². The second-order valence-electron chi connectivity index (χ2n) is 13.2. The first-order valence-electron chi connectivity index (χ1n) is 17.2. The van der Waals surface area contributed by atoms with E-state index in [0.29, 0.717) is 17.6 Å². The van der Waals surface area contributed by atoms with Gasteiger partial charge in [-0.05, 0) is 85.1 Å². The van der Waals surface area contributed by atoms with E-state index >= 15 is 0 Å². The van der Waals surface area contributed by atoms with Gasteiger partial charge in [-0.3, -0.25) is 0 Å². The lowest BCUT2D eigenvalue weighted by molar-refractivity contribution is 0.545. The molecule has 5 heteroatoms. The van der Waals surface area contributed by atoms with Crippen molar-refractivity contribution in [2.75, 3.05) is 0 Å². The fourth-order valence-corrected chi connectivity index (χ4v) is 7.94. The molecule has 4 aliphatic carbocycles. The quantitative estimate of drug-likeness (QED) is 0.195. The van der Waals surface area contributed by atoms with Crippen LogP contribution in [0.15, 0.2) is 118 Å². The fraction of sp³-hybridized carbons (Fsp3) is 0.186. The Morgan fingerprint density at radius 1 is 0.708 bits per heavy atom. The van der Waals surface area contributed by atoms with E-state index in [4.69, 9.17) is 23.8 Å². The van der Waals surface area contributed by atoms with Crippen LogP contribution in [-0.2, 0) is 12.8 Å². The number of allylic oxidation sites excluding steroid dienone is 8. The molecule has 0 amide bonds. The zero-order valence-electron chi connectivity index (χ0n) is 26.6. The van der Waals surface area contributed by atoms with E-state index in [9.17, 15) is 0 Å². The predicted molar refractivity (Wildman–Crippen MR) is 192 cm³/mol. The molecule has 0 saturated carbocycles. The lowest BCUT2D eigenvalue weighted by Gasteiger charge is -2.21. The molecule has 0 spiro atoms. The van der Waals surface area contributed by atoms with Gasteiger partial charge in [0, 0.05) is 45.4 Å². The van der Waals surface area contributed by atoms with Crippen molar-refractivity contribution in [2.45, 2.75) is 44.9 Å². The minimum absolute atomic E-state index is 0.378. The van der Waals surface area contributed by atoms with E-state index in [2.05, 4.69) is 91.1 Å². The number of nitrogens with zero attached hydrogens (tertiary/aromatic N) is 3. The number of rotatable bonds is 4. The highest BCUT2D eigenvalue weighted by Gasteiger charge is 2.28. The van der Waals surface area contributed by atoms with Gasteiger partial charge in [-0.25, -0.2) is 15.0 Å². The topological polar surface area (TPSA) is 65.0 Å². The summed E-state index contributed by atoms with van der Waals surface area (Å²) in [6.45, 7) is 0. The molecule has 0 N–H and O–H groups in total. The van der Waals surface area contributed by atoms with E-state index < -0.39 is 0 Å². The van der Waals surface area contributed by atoms with Gasteiger partial charge in [0.1, 0.15) is 22.7 Å². The van der Waals surface area contributed by atoms with Gasteiger partial charge < -0.3 is 8.83 Å². The third-order valence-electron chi connectivity index (χ3n) is 10.3. The van der Waals surface area contributed by atoms with Gasteiger partial charge in [-0.2, -0.15) is 0 Å². The molecule has 1 unspecified atom stereocenters. The Kier molecular flexibility index (Phi) is 6.33. The maximum atomic E-state index is 6.55. The second-order valence-corrected chi connectivity index (χ2v) is 13.2. The number of furan rings is 2. The van der Waals surface area contributed by atoms with Crippen molar-refractivity contribution in [2.24, 2.45) is 5.92 Å². The molecule has 5 nitrogen and oxygen atoms in total. The van der Waals surface area contributed by atoms with Crippen LogP contribution in [0.3, 0.4) is 0 Å². The van der Waals surface area contributed by atoms with Crippen LogP contribution in [0.1, 0.15) is 66.4 Å². The molecule has 1 atom stereocenters. The summed E-state index contributed by atoms with van der Waals surface area (Å²) in [5.41, 5.74) is 11.1. The number of fused-ring (bicyclic) bond motifs is 7. The van der Waals surface area contributed by atoms with E-state index in [0.717, 1.165) is 94.7 Å². The van der Waals surface area contributed by atoms with Crippen LogP contribution >= 0.6 is 0 Å². The molecule has 6 aromatic rings. The van der Waals surface area contributed by atoms with Gasteiger partial charge in [-0.15, -0.1) is 0 Å². The molecule has 0 saturated heterocycles. The first-order chi connectivity index (χ1) is 23.8. The van der Waals surface area contributed by atoms with Crippen LogP contribution in [-0.4, -0.2) is 15.0 Å². The predicted octanol–water partition coefficient (Wildman–Crippen LogP) is 10.7. The summed E-state index contributed by atoms with van der Waals surface area (Å²) in [5.74, 6) is 4.56. The first-order valence-corrected chi connectivity index (χ1v) is 17.2. The van der Waals surface area contributed by atoms with Crippen molar-refractivity contribution >= 4 is 39.2 Å². The van der Waals surface area contributed by atoms with Crippen LogP contribution in [0.5, 0.6) is 0 Å². The summed E-state index contributed by atoms with van der Waals surface area (Å²) in [6, 6.07) is 23.3. The highest BCUT2D eigenvalue weighted by molar-refractivity contribution is 6.03. The minimum Gasteiger partial charge on any atom is -0.460 e. The van der Waals surface area contributed by atoms with Crippen LogP contribution in [0.4, 0.5) is 0 Å². The molecule has 0 bridgehead atoms. The summed E-state index contributed by atoms with van der Waals surface area (Å²) in [6.07, 6.45) is 22.7. The molecule has 0 aliphatic heterocycles. The summed E-state index contributed by atoms with van der Waals surface area (Å²) in [7, 11) is 0. The van der Waals surface area contributed by atoms with Crippen LogP contribution in [0, 0.1) is 5.92 Å². The Labute approximate surface area is 278 Å². The van der Waals surface area contributed by atoms with Crippen LogP contribution in [0.2, 0.25) is 0 Å². The molecule has 0 fully saturated rings. The number of aryl methyl sites for hydroxylation is 1. The number of aromatic nitrogens is 3. The first kappa shape index (κ1) is 27.6. The lowest BCUT2D eigenvalue weighted by Crippen LogP contribution is -2.10. The highest BCUT2D eigenvalue weighted by atomic mass is 16.3. The molecule has 4 aliphatic rings. The van der Waals surface area contributed by atoms with Crippen molar-refractivity contribution in [1.82, 2.24) is 15.0 Å². The zero-order chi connectivity index (χ0) is 31.6. The van der Waals surface area contributed by atoms with Crippen LogP contribution < -0.4 is 0 Å². The van der Waals surface area contributed by atoms with Gasteiger partial charge in [-0.1, -0.05) is 85.0 Å². The van der Waals surface area contributed by atoms with Gasteiger partial charge in [0.05, 0.1) is 0 Å². The monoisotopic (exact) mass is 623 g/mol. The van der Waals surface area contributed by atoms with Crippen LogP contribution in [0.25, 0.3) is 61.7 Å². The maximum Gasteiger partial charge on any atom is 0.164 e. The maximum absolute atomic E-state index is 6.55.